The van der Waals surface area contributed by atoms with E-state index in [0.717, 1.165) is 12.1 Å². The molecule has 1 aliphatic carbocycles. The van der Waals surface area contributed by atoms with Crippen molar-refractivity contribution in [1.82, 2.24) is 10.2 Å². The van der Waals surface area contributed by atoms with Crippen LogP contribution in [0.2, 0.25) is 0 Å². The lowest BCUT2D eigenvalue weighted by Gasteiger charge is -2.43. The van der Waals surface area contributed by atoms with Gasteiger partial charge in [0.1, 0.15) is 0 Å². The maximum absolute atomic E-state index is 12.2. The number of benzene rings is 1. The molecule has 1 saturated carbocycles. The summed E-state index contributed by atoms with van der Waals surface area (Å²) >= 11 is 0. The topological polar surface area (TPSA) is 32.3 Å². The Balaban J connectivity index is 0.00000220. The van der Waals surface area contributed by atoms with E-state index in [1.807, 2.05) is 31.2 Å². The highest BCUT2D eigenvalue weighted by Gasteiger charge is 2.34. The van der Waals surface area contributed by atoms with Crippen molar-refractivity contribution in [3.63, 3.8) is 0 Å². The molecule has 3 nitrogen and oxygen atoms in total. The van der Waals surface area contributed by atoms with E-state index in [9.17, 15) is 4.79 Å². The van der Waals surface area contributed by atoms with Crippen LogP contribution in [-0.2, 0) is 0 Å². The third-order valence-corrected chi connectivity index (χ3v) is 4.62. The monoisotopic (exact) mass is 310 g/mol. The Kier molecular flexibility index (Phi) is 6.69. The van der Waals surface area contributed by atoms with Crippen molar-refractivity contribution in [3.8, 4) is 0 Å². The molecule has 0 atom stereocenters. The first-order chi connectivity index (χ1) is 9.53. The van der Waals surface area contributed by atoms with E-state index in [2.05, 4.69) is 24.3 Å². The van der Waals surface area contributed by atoms with E-state index in [1.54, 1.807) is 0 Å². The lowest BCUT2D eigenvalue weighted by molar-refractivity contribution is 0.0799. The Bertz CT molecular complexity index is 450. The maximum atomic E-state index is 12.2. The van der Waals surface area contributed by atoms with Crippen molar-refractivity contribution in [2.24, 2.45) is 0 Å². The van der Waals surface area contributed by atoms with Crippen molar-refractivity contribution >= 4 is 18.3 Å². The van der Waals surface area contributed by atoms with Crippen molar-refractivity contribution in [3.05, 3.63) is 35.4 Å². The molecule has 0 radical (unpaired) electrons. The van der Waals surface area contributed by atoms with Gasteiger partial charge in [-0.15, -0.1) is 12.4 Å². The highest BCUT2D eigenvalue weighted by atomic mass is 35.5. The maximum Gasteiger partial charge on any atom is 0.251 e. The average molecular weight is 311 g/mol. The van der Waals surface area contributed by atoms with Crippen LogP contribution in [0.5, 0.6) is 0 Å². The summed E-state index contributed by atoms with van der Waals surface area (Å²) in [6.07, 6.45) is 6.20. The summed E-state index contributed by atoms with van der Waals surface area (Å²) in [4.78, 5) is 14.5. The van der Waals surface area contributed by atoms with E-state index in [1.165, 1.54) is 37.7 Å². The molecule has 0 unspecified atom stereocenters. The highest BCUT2D eigenvalue weighted by molar-refractivity contribution is 5.94. The summed E-state index contributed by atoms with van der Waals surface area (Å²) in [6, 6.07) is 7.76. The first-order valence-corrected chi connectivity index (χ1v) is 7.56. The molecule has 21 heavy (non-hydrogen) atoms. The standard InChI is InChI=1S/C17H26N2O.ClH/c1-14-7-9-15(10-8-14)16(20)18-13-17(19(2)3)11-5-4-6-12-17;/h7-10H,4-6,11-13H2,1-3H3,(H,18,20);1H. The fraction of sp³-hybridized carbons (Fsp3) is 0.588. The van der Waals surface area contributed by atoms with E-state index in [-0.39, 0.29) is 23.9 Å². The smallest absolute Gasteiger partial charge is 0.251 e. The van der Waals surface area contributed by atoms with Gasteiger partial charge in [-0.25, -0.2) is 0 Å². The van der Waals surface area contributed by atoms with Gasteiger partial charge in [0.25, 0.3) is 5.91 Å². The van der Waals surface area contributed by atoms with Crippen molar-refractivity contribution in [1.29, 1.82) is 0 Å². The van der Waals surface area contributed by atoms with Gasteiger partial charge >= 0.3 is 0 Å². The molecule has 0 aromatic heterocycles. The third kappa shape index (κ3) is 4.45. The highest BCUT2D eigenvalue weighted by Crippen LogP contribution is 2.31. The quantitative estimate of drug-likeness (QED) is 0.924. The van der Waals surface area contributed by atoms with Crippen LogP contribution in [0.4, 0.5) is 0 Å². The number of likely N-dealkylation sites (N-methyl/N-ethyl adjacent to an activating group) is 1. The SMILES string of the molecule is Cc1ccc(C(=O)NCC2(N(C)C)CCCCC2)cc1.Cl. The number of aryl methyl sites for hydroxylation is 1. The molecule has 0 spiro atoms. The predicted octanol–water partition coefficient (Wildman–Crippen LogP) is 3.41. The van der Waals surface area contributed by atoms with Crippen LogP contribution in [0.1, 0.15) is 48.0 Å². The lowest BCUT2D eigenvalue weighted by atomic mass is 9.80. The normalized spacial score (nSPS) is 17.1. The number of rotatable bonds is 4. The molecule has 0 saturated heterocycles. The minimum absolute atomic E-state index is 0. The Morgan fingerprint density at radius 3 is 2.24 bits per heavy atom. The molecule has 0 bridgehead atoms. The van der Waals surface area contributed by atoms with Crippen LogP contribution in [0.15, 0.2) is 24.3 Å². The zero-order valence-corrected chi connectivity index (χ0v) is 14.1. The number of hydrogen-bond donors (Lipinski definition) is 1. The van der Waals surface area contributed by atoms with E-state index < -0.39 is 0 Å². The first-order valence-electron chi connectivity index (χ1n) is 7.56. The molecule has 1 aromatic rings. The number of nitrogens with one attached hydrogen (secondary N) is 1. The zero-order chi connectivity index (χ0) is 14.6. The minimum Gasteiger partial charge on any atom is -0.350 e. The molecule has 118 valence electrons. The number of carbonyl (C=O) groups is 1. The lowest BCUT2D eigenvalue weighted by Crippen LogP contribution is -2.53. The van der Waals surface area contributed by atoms with Crippen LogP contribution < -0.4 is 5.32 Å². The van der Waals surface area contributed by atoms with Crippen molar-refractivity contribution in [2.75, 3.05) is 20.6 Å². The number of amides is 1. The summed E-state index contributed by atoms with van der Waals surface area (Å²) in [7, 11) is 4.26. The molecule has 1 aromatic carbocycles. The fourth-order valence-corrected chi connectivity index (χ4v) is 3.04. The Morgan fingerprint density at radius 2 is 1.71 bits per heavy atom. The number of hydrogen-bond acceptors (Lipinski definition) is 2. The van der Waals surface area contributed by atoms with Gasteiger partial charge in [-0.3, -0.25) is 4.79 Å². The molecule has 0 heterocycles. The van der Waals surface area contributed by atoms with Crippen LogP contribution in [-0.4, -0.2) is 37.0 Å². The van der Waals surface area contributed by atoms with Gasteiger partial charge in [-0.1, -0.05) is 37.0 Å². The van der Waals surface area contributed by atoms with Gasteiger partial charge in [-0.2, -0.15) is 0 Å². The van der Waals surface area contributed by atoms with Crippen LogP contribution in [0.3, 0.4) is 0 Å². The Hall–Kier alpha value is -1.06. The molecule has 1 amide bonds. The first kappa shape index (κ1) is 18.0. The second kappa shape index (κ2) is 7.81. The van der Waals surface area contributed by atoms with Gasteiger partial charge in [-0.05, 0) is 46.0 Å². The van der Waals surface area contributed by atoms with Gasteiger partial charge in [0.05, 0.1) is 0 Å². The molecule has 1 fully saturated rings. The fourth-order valence-electron chi connectivity index (χ4n) is 3.04. The van der Waals surface area contributed by atoms with Crippen molar-refractivity contribution in [2.45, 2.75) is 44.6 Å². The van der Waals surface area contributed by atoms with Crippen molar-refractivity contribution < 1.29 is 4.79 Å². The van der Waals surface area contributed by atoms with Gasteiger partial charge < -0.3 is 10.2 Å². The Labute approximate surface area is 134 Å². The van der Waals surface area contributed by atoms with E-state index in [0.29, 0.717) is 0 Å². The van der Waals surface area contributed by atoms with Crippen LogP contribution in [0.25, 0.3) is 0 Å². The molecule has 1 aliphatic rings. The van der Waals surface area contributed by atoms with Crippen LogP contribution >= 0.6 is 12.4 Å². The summed E-state index contributed by atoms with van der Waals surface area (Å²) in [6.45, 7) is 2.78. The summed E-state index contributed by atoms with van der Waals surface area (Å²) < 4.78 is 0. The zero-order valence-electron chi connectivity index (χ0n) is 13.3. The third-order valence-electron chi connectivity index (χ3n) is 4.62. The molecule has 4 heteroatoms. The molecule has 2 rings (SSSR count). The molecular weight excluding hydrogens is 284 g/mol. The molecular formula is C17H27ClN2O. The summed E-state index contributed by atoms with van der Waals surface area (Å²) in [5.74, 6) is 0.0387. The molecule has 0 aliphatic heterocycles. The Morgan fingerprint density at radius 1 is 1.14 bits per heavy atom. The summed E-state index contributed by atoms with van der Waals surface area (Å²) in [5.41, 5.74) is 2.07. The minimum atomic E-state index is 0. The van der Waals surface area contributed by atoms with Crippen LogP contribution in [0, 0.1) is 6.92 Å². The second-order valence-corrected chi connectivity index (χ2v) is 6.23. The van der Waals surface area contributed by atoms with E-state index in [4.69, 9.17) is 0 Å². The van der Waals surface area contributed by atoms with Gasteiger partial charge in [0, 0.05) is 17.6 Å². The number of nitrogens with zero attached hydrogens (tertiary/aromatic N) is 1. The average Bonchev–Trinajstić information content (AvgIpc) is 2.46. The van der Waals surface area contributed by atoms with Gasteiger partial charge in [0.2, 0.25) is 0 Å². The second-order valence-electron chi connectivity index (χ2n) is 6.23. The summed E-state index contributed by atoms with van der Waals surface area (Å²) in [5, 5.41) is 3.13. The number of carbonyl (C=O) groups excluding carboxylic acids is 1. The molecule has 1 N–H and O–H groups in total. The largest absolute Gasteiger partial charge is 0.350 e. The van der Waals surface area contributed by atoms with Gasteiger partial charge in [0.15, 0.2) is 0 Å². The van der Waals surface area contributed by atoms with E-state index >= 15 is 0 Å². The predicted molar refractivity (Wildman–Crippen MR) is 90.3 cm³/mol. The number of halogens is 1.